The Hall–Kier alpha value is -1.13. The Morgan fingerprint density at radius 2 is 1.93 bits per heavy atom. The number of nitrogens with two attached hydrogens (primary N) is 1. The number of ether oxygens (including phenoxy) is 2. The molecule has 14 heavy (non-hydrogen) atoms. The third kappa shape index (κ3) is 2.21. The zero-order chi connectivity index (χ0) is 10.6. The number of hydrogen-bond acceptors (Lipinski definition) is 4. The minimum absolute atomic E-state index is 0.321. The summed E-state index contributed by atoms with van der Waals surface area (Å²) < 4.78 is 10.2. The molecule has 0 saturated carbocycles. The number of rotatable bonds is 4. The highest BCUT2D eigenvalue weighted by atomic mass is 35.5. The molecule has 1 aromatic rings. The predicted octanol–water partition coefficient (Wildman–Crippen LogP) is 1.69. The van der Waals surface area contributed by atoms with Crippen LogP contribution in [0.3, 0.4) is 0 Å². The Labute approximate surface area is 87.9 Å². The number of halogens is 1. The second-order valence-corrected chi connectivity index (χ2v) is 2.98. The molecular formula is C9H13ClN2O2. The van der Waals surface area contributed by atoms with Gasteiger partial charge in [-0.1, -0.05) is 11.6 Å². The SMILES string of the molecule is COc1cc(NCN)c(OC)cc1Cl. The van der Waals surface area contributed by atoms with E-state index < -0.39 is 0 Å². The van der Waals surface area contributed by atoms with E-state index in [1.165, 1.54) is 0 Å². The van der Waals surface area contributed by atoms with Crippen LogP contribution in [0, 0.1) is 0 Å². The van der Waals surface area contributed by atoms with Crippen molar-refractivity contribution in [1.29, 1.82) is 0 Å². The minimum atomic E-state index is 0.321. The van der Waals surface area contributed by atoms with Crippen molar-refractivity contribution >= 4 is 17.3 Å². The van der Waals surface area contributed by atoms with Crippen LogP contribution in [0.15, 0.2) is 12.1 Å². The van der Waals surface area contributed by atoms with Gasteiger partial charge in [0.15, 0.2) is 0 Å². The van der Waals surface area contributed by atoms with Crippen LogP contribution < -0.4 is 20.5 Å². The van der Waals surface area contributed by atoms with Gasteiger partial charge in [-0.05, 0) is 0 Å². The molecule has 0 amide bonds. The highest BCUT2D eigenvalue weighted by molar-refractivity contribution is 6.32. The van der Waals surface area contributed by atoms with Crippen molar-refractivity contribution < 1.29 is 9.47 Å². The Balaban J connectivity index is 3.11. The second-order valence-electron chi connectivity index (χ2n) is 2.57. The first-order valence-corrected chi connectivity index (χ1v) is 4.46. The maximum absolute atomic E-state index is 5.92. The predicted molar refractivity (Wildman–Crippen MR) is 57.2 cm³/mol. The van der Waals surface area contributed by atoms with E-state index >= 15 is 0 Å². The van der Waals surface area contributed by atoms with E-state index in [-0.39, 0.29) is 0 Å². The Kier molecular flexibility index (Phi) is 3.85. The Morgan fingerprint density at radius 3 is 2.43 bits per heavy atom. The second kappa shape index (κ2) is 4.93. The van der Waals surface area contributed by atoms with E-state index in [1.807, 2.05) is 0 Å². The first-order valence-electron chi connectivity index (χ1n) is 4.08. The van der Waals surface area contributed by atoms with Crippen LogP contribution in [0.25, 0.3) is 0 Å². The van der Waals surface area contributed by atoms with Gasteiger partial charge in [-0.25, -0.2) is 0 Å². The molecule has 0 aliphatic rings. The normalized spacial score (nSPS) is 9.71. The van der Waals surface area contributed by atoms with Crippen LogP contribution >= 0.6 is 11.6 Å². The van der Waals surface area contributed by atoms with Crippen molar-refractivity contribution in [3.8, 4) is 11.5 Å². The summed E-state index contributed by atoms with van der Waals surface area (Å²) in [4.78, 5) is 0. The minimum Gasteiger partial charge on any atom is -0.495 e. The molecule has 0 aromatic heterocycles. The lowest BCUT2D eigenvalue weighted by molar-refractivity contribution is 0.404. The van der Waals surface area contributed by atoms with Crippen molar-refractivity contribution in [2.45, 2.75) is 0 Å². The van der Waals surface area contributed by atoms with Crippen LogP contribution in [-0.2, 0) is 0 Å². The summed E-state index contributed by atoms with van der Waals surface area (Å²) in [6.07, 6.45) is 0. The van der Waals surface area contributed by atoms with Gasteiger partial charge in [0.2, 0.25) is 0 Å². The molecule has 0 aliphatic heterocycles. The van der Waals surface area contributed by atoms with Crippen molar-refractivity contribution in [2.75, 3.05) is 26.2 Å². The molecule has 0 bridgehead atoms. The molecule has 0 atom stereocenters. The highest BCUT2D eigenvalue weighted by Gasteiger charge is 2.08. The van der Waals surface area contributed by atoms with E-state index in [1.54, 1.807) is 26.4 Å². The van der Waals surface area contributed by atoms with E-state index in [0.717, 1.165) is 5.69 Å². The molecule has 0 heterocycles. The summed E-state index contributed by atoms with van der Waals surface area (Å²) in [7, 11) is 3.12. The molecule has 1 rings (SSSR count). The first-order chi connectivity index (χ1) is 6.72. The summed E-state index contributed by atoms with van der Waals surface area (Å²) in [6.45, 7) is 0.321. The van der Waals surface area contributed by atoms with Gasteiger partial charge in [-0.3, -0.25) is 0 Å². The summed E-state index contributed by atoms with van der Waals surface area (Å²) >= 11 is 5.92. The smallest absolute Gasteiger partial charge is 0.143 e. The van der Waals surface area contributed by atoms with E-state index in [0.29, 0.717) is 23.2 Å². The molecule has 0 saturated heterocycles. The summed E-state index contributed by atoms with van der Waals surface area (Å²) in [5.74, 6) is 1.23. The summed E-state index contributed by atoms with van der Waals surface area (Å²) in [5.41, 5.74) is 6.13. The van der Waals surface area contributed by atoms with Crippen LogP contribution in [0.4, 0.5) is 5.69 Å². The van der Waals surface area contributed by atoms with E-state index in [4.69, 9.17) is 26.8 Å². The maximum atomic E-state index is 5.92. The molecular weight excluding hydrogens is 204 g/mol. The highest BCUT2D eigenvalue weighted by Crippen LogP contribution is 2.35. The van der Waals surface area contributed by atoms with Gasteiger partial charge in [-0.15, -0.1) is 0 Å². The molecule has 0 spiro atoms. The quantitative estimate of drug-likeness (QED) is 0.752. The third-order valence-corrected chi connectivity index (χ3v) is 2.06. The number of hydrogen-bond donors (Lipinski definition) is 2. The van der Waals surface area contributed by atoms with Gasteiger partial charge in [0, 0.05) is 12.1 Å². The zero-order valence-corrected chi connectivity index (χ0v) is 8.89. The Bertz CT molecular complexity index is 318. The fourth-order valence-electron chi connectivity index (χ4n) is 1.11. The monoisotopic (exact) mass is 216 g/mol. The molecule has 5 heteroatoms. The van der Waals surface area contributed by atoms with E-state index in [2.05, 4.69) is 5.32 Å². The number of anilines is 1. The fourth-order valence-corrected chi connectivity index (χ4v) is 1.34. The maximum Gasteiger partial charge on any atom is 0.143 e. The van der Waals surface area contributed by atoms with Gasteiger partial charge in [0.25, 0.3) is 0 Å². The van der Waals surface area contributed by atoms with Crippen molar-refractivity contribution in [2.24, 2.45) is 5.73 Å². The zero-order valence-electron chi connectivity index (χ0n) is 8.13. The molecule has 0 unspecified atom stereocenters. The molecule has 0 fully saturated rings. The molecule has 0 radical (unpaired) electrons. The van der Waals surface area contributed by atoms with Crippen molar-refractivity contribution in [1.82, 2.24) is 0 Å². The van der Waals surface area contributed by atoms with Gasteiger partial charge >= 0.3 is 0 Å². The molecule has 1 aromatic carbocycles. The topological polar surface area (TPSA) is 56.5 Å². The standard InChI is InChI=1S/C9H13ClN2O2/c1-13-8-4-7(12-5-11)9(14-2)3-6(8)10/h3-4,12H,5,11H2,1-2H3. The number of methoxy groups -OCH3 is 2. The largest absolute Gasteiger partial charge is 0.495 e. The van der Waals surface area contributed by atoms with Gasteiger partial charge in [0.05, 0.1) is 31.6 Å². The van der Waals surface area contributed by atoms with Gasteiger partial charge in [-0.2, -0.15) is 0 Å². The fraction of sp³-hybridized carbons (Fsp3) is 0.333. The van der Waals surface area contributed by atoms with E-state index in [9.17, 15) is 0 Å². The molecule has 4 nitrogen and oxygen atoms in total. The molecule has 78 valence electrons. The Morgan fingerprint density at radius 1 is 1.29 bits per heavy atom. The van der Waals surface area contributed by atoms with Crippen molar-refractivity contribution in [3.05, 3.63) is 17.2 Å². The van der Waals surface area contributed by atoms with Gasteiger partial charge in [0.1, 0.15) is 11.5 Å². The van der Waals surface area contributed by atoms with Crippen molar-refractivity contribution in [3.63, 3.8) is 0 Å². The molecule has 3 N–H and O–H groups in total. The van der Waals surface area contributed by atoms with Crippen LogP contribution in [0.1, 0.15) is 0 Å². The summed E-state index contributed by atoms with van der Waals surface area (Å²) in [6, 6.07) is 3.42. The average Bonchev–Trinajstić information content (AvgIpc) is 2.20. The lowest BCUT2D eigenvalue weighted by Gasteiger charge is -2.12. The van der Waals surface area contributed by atoms with Crippen LogP contribution in [0.5, 0.6) is 11.5 Å². The van der Waals surface area contributed by atoms with Crippen LogP contribution in [0.2, 0.25) is 5.02 Å². The average molecular weight is 217 g/mol. The lowest BCUT2D eigenvalue weighted by atomic mass is 10.2. The number of benzene rings is 1. The first kappa shape index (κ1) is 10.9. The summed E-state index contributed by atoms with van der Waals surface area (Å²) in [5, 5.41) is 3.45. The lowest BCUT2D eigenvalue weighted by Crippen LogP contribution is -2.11. The molecule has 0 aliphatic carbocycles. The van der Waals surface area contributed by atoms with Gasteiger partial charge < -0.3 is 20.5 Å². The van der Waals surface area contributed by atoms with Crippen LogP contribution in [-0.4, -0.2) is 20.9 Å². The third-order valence-electron chi connectivity index (χ3n) is 1.77. The number of nitrogens with one attached hydrogen (secondary N) is 1.